The number of benzene rings is 2. The van der Waals surface area contributed by atoms with Gasteiger partial charge in [0.25, 0.3) is 0 Å². The number of tetrazole rings is 1. The lowest BCUT2D eigenvalue weighted by atomic mass is 10.0. The Morgan fingerprint density at radius 1 is 0.741 bits per heavy atom. The number of pyridine rings is 2. The van der Waals surface area contributed by atoms with Crippen molar-refractivity contribution in [2.75, 3.05) is 0 Å². The third-order valence-corrected chi connectivity index (χ3v) is 4.33. The highest BCUT2D eigenvalue weighted by molar-refractivity contribution is 5.93. The van der Waals surface area contributed by atoms with Gasteiger partial charge in [-0.1, -0.05) is 42.5 Å². The van der Waals surface area contributed by atoms with Crippen LogP contribution in [0.1, 0.15) is 0 Å². The molecule has 0 aliphatic heterocycles. The van der Waals surface area contributed by atoms with E-state index in [1.807, 2.05) is 54.7 Å². The highest BCUT2D eigenvalue weighted by Gasteiger charge is 2.10. The fourth-order valence-electron chi connectivity index (χ4n) is 3.06. The van der Waals surface area contributed by atoms with Crippen LogP contribution in [0.15, 0.2) is 85.2 Å². The molecule has 0 aliphatic rings. The lowest BCUT2D eigenvalue weighted by Crippen LogP contribution is -1.99. The molecule has 0 aliphatic carbocycles. The summed E-state index contributed by atoms with van der Waals surface area (Å²) in [4.78, 5) is 10.3. The number of hydrogen-bond donors (Lipinski definition) is 0. The van der Waals surface area contributed by atoms with Crippen molar-refractivity contribution < 1.29 is 0 Å². The normalized spacial score (nSPS) is 11.0. The van der Waals surface area contributed by atoms with Crippen LogP contribution >= 0.6 is 0 Å². The second-order valence-electron chi connectivity index (χ2n) is 6.05. The number of rotatable bonds is 3. The number of hydrogen-bond acceptors (Lipinski definition) is 5. The Hall–Kier alpha value is -3.93. The van der Waals surface area contributed by atoms with Gasteiger partial charge in [0.2, 0.25) is 5.82 Å². The summed E-state index contributed by atoms with van der Waals surface area (Å²) in [5.41, 5.74) is 4.61. The summed E-state index contributed by atoms with van der Waals surface area (Å²) in [5, 5.41) is 13.9. The first-order chi connectivity index (χ1) is 13.4. The minimum atomic E-state index is 0.493. The lowest BCUT2D eigenvalue weighted by molar-refractivity contribution is 0.720. The molecule has 3 heterocycles. The highest BCUT2D eigenvalue weighted by Crippen LogP contribution is 2.28. The fourth-order valence-corrected chi connectivity index (χ4v) is 3.06. The predicted octanol–water partition coefficient (Wildman–Crippen LogP) is 3.94. The molecule has 128 valence electrons. The Kier molecular flexibility index (Phi) is 3.65. The zero-order valence-electron chi connectivity index (χ0n) is 14.3. The molecular weight excluding hydrogens is 336 g/mol. The maximum absolute atomic E-state index is 4.55. The van der Waals surface area contributed by atoms with Gasteiger partial charge in [0.05, 0.1) is 11.2 Å². The Bertz CT molecular complexity index is 1220. The monoisotopic (exact) mass is 350 g/mol. The summed E-state index contributed by atoms with van der Waals surface area (Å²) in [5.74, 6) is 0.493. The van der Waals surface area contributed by atoms with Crippen molar-refractivity contribution in [1.29, 1.82) is 0 Å². The van der Waals surface area contributed by atoms with Gasteiger partial charge >= 0.3 is 0 Å². The number of para-hydroxylation sites is 1. The molecular formula is C21H14N6. The van der Waals surface area contributed by atoms with Gasteiger partial charge in [-0.15, -0.1) is 15.0 Å². The van der Waals surface area contributed by atoms with E-state index < -0.39 is 0 Å². The molecule has 0 unspecified atom stereocenters. The van der Waals surface area contributed by atoms with E-state index in [1.54, 1.807) is 6.20 Å². The quantitative estimate of drug-likeness (QED) is 0.493. The van der Waals surface area contributed by atoms with Crippen molar-refractivity contribution in [3.63, 3.8) is 0 Å². The van der Waals surface area contributed by atoms with Crippen LogP contribution in [0.2, 0.25) is 0 Å². The summed E-state index contributed by atoms with van der Waals surface area (Å²) in [6, 6.07) is 23.8. The number of nitrogens with zero attached hydrogens (tertiary/aromatic N) is 6. The molecule has 0 amide bonds. The Labute approximate surface area is 155 Å². The van der Waals surface area contributed by atoms with Crippen molar-refractivity contribution in [3.8, 4) is 28.3 Å². The van der Waals surface area contributed by atoms with Crippen molar-refractivity contribution in [2.24, 2.45) is 0 Å². The number of fused-ring (bicyclic) bond motifs is 1. The minimum Gasteiger partial charge on any atom is -0.256 e. The van der Waals surface area contributed by atoms with E-state index in [0.29, 0.717) is 11.5 Å². The smallest absolute Gasteiger partial charge is 0.223 e. The van der Waals surface area contributed by atoms with Crippen LogP contribution in [0.5, 0.6) is 0 Å². The van der Waals surface area contributed by atoms with Crippen LogP contribution in [-0.4, -0.2) is 30.2 Å². The number of aromatic nitrogens is 6. The average molecular weight is 350 g/mol. The summed E-state index contributed by atoms with van der Waals surface area (Å²) in [6.45, 7) is 0. The molecule has 0 N–H and O–H groups in total. The first-order valence-corrected chi connectivity index (χ1v) is 8.54. The largest absolute Gasteiger partial charge is 0.256 e. The molecule has 0 spiro atoms. The molecule has 2 aromatic carbocycles. The minimum absolute atomic E-state index is 0.493. The topological polar surface area (TPSA) is 69.4 Å². The summed E-state index contributed by atoms with van der Waals surface area (Å²) >= 11 is 0. The SMILES string of the molecule is c1ccc(-c2nnn(-c3cccc(-c4cccc5cccnc45)c3)n2)nc1. The standard InChI is InChI=1S/C21H14N6/c1-2-12-22-19(11-1)21-24-26-27(25-21)17-9-3-7-16(14-17)18-10-4-6-15-8-5-13-23-20(15)18/h1-14H. The molecule has 0 atom stereocenters. The van der Waals surface area contributed by atoms with Gasteiger partial charge in [0.1, 0.15) is 5.69 Å². The molecule has 3 aromatic heterocycles. The fraction of sp³-hybridized carbons (Fsp3) is 0. The molecule has 5 rings (SSSR count). The van der Waals surface area contributed by atoms with Crippen molar-refractivity contribution in [3.05, 3.63) is 85.2 Å². The molecule has 27 heavy (non-hydrogen) atoms. The molecule has 5 aromatic rings. The van der Waals surface area contributed by atoms with E-state index in [4.69, 9.17) is 0 Å². The van der Waals surface area contributed by atoms with Crippen LogP contribution in [0.4, 0.5) is 0 Å². The maximum Gasteiger partial charge on any atom is 0.223 e. The van der Waals surface area contributed by atoms with Crippen LogP contribution in [-0.2, 0) is 0 Å². The van der Waals surface area contributed by atoms with Gasteiger partial charge < -0.3 is 0 Å². The van der Waals surface area contributed by atoms with E-state index in [0.717, 1.165) is 27.7 Å². The lowest BCUT2D eigenvalue weighted by Gasteiger charge is -2.07. The van der Waals surface area contributed by atoms with E-state index in [-0.39, 0.29) is 0 Å². The van der Waals surface area contributed by atoms with E-state index in [9.17, 15) is 0 Å². The molecule has 0 bridgehead atoms. The second-order valence-corrected chi connectivity index (χ2v) is 6.05. The first-order valence-electron chi connectivity index (χ1n) is 8.54. The average Bonchev–Trinajstić information content (AvgIpc) is 3.24. The summed E-state index contributed by atoms with van der Waals surface area (Å²) < 4.78 is 0. The molecule has 0 fully saturated rings. The second kappa shape index (κ2) is 6.42. The summed E-state index contributed by atoms with van der Waals surface area (Å²) in [7, 11) is 0. The van der Waals surface area contributed by atoms with E-state index >= 15 is 0 Å². The van der Waals surface area contributed by atoms with Crippen molar-refractivity contribution >= 4 is 10.9 Å². The van der Waals surface area contributed by atoms with Crippen molar-refractivity contribution in [2.45, 2.75) is 0 Å². The highest BCUT2D eigenvalue weighted by atomic mass is 15.6. The van der Waals surface area contributed by atoms with Crippen LogP contribution < -0.4 is 0 Å². The molecule has 0 saturated heterocycles. The van der Waals surface area contributed by atoms with Crippen LogP contribution in [0, 0.1) is 0 Å². The van der Waals surface area contributed by atoms with Crippen LogP contribution in [0.25, 0.3) is 39.2 Å². The third-order valence-electron chi connectivity index (χ3n) is 4.33. The van der Waals surface area contributed by atoms with E-state index in [2.05, 4.69) is 49.6 Å². The van der Waals surface area contributed by atoms with Gasteiger partial charge in [-0.2, -0.15) is 0 Å². The molecule has 0 saturated carbocycles. The van der Waals surface area contributed by atoms with Crippen molar-refractivity contribution in [1.82, 2.24) is 30.2 Å². The Balaban J connectivity index is 1.58. The summed E-state index contributed by atoms with van der Waals surface area (Å²) in [6.07, 6.45) is 3.53. The zero-order chi connectivity index (χ0) is 18.1. The Morgan fingerprint density at radius 2 is 1.63 bits per heavy atom. The zero-order valence-corrected chi connectivity index (χ0v) is 14.3. The van der Waals surface area contributed by atoms with Gasteiger partial charge in [-0.3, -0.25) is 9.97 Å². The van der Waals surface area contributed by atoms with E-state index in [1.165, 1.54) is 4.80 Å². The third kappa shape index (κ3) is 2.83. The Morgan fingerprint density at radius 3 is 2.56 bits per heavy atom. The van der Waals surface area contributed by atoms with Gasteiger partial charge in [0, 0.05) is 23.3 Å². The predicted molar refractivity (Wildman–Crippen MR) is 103 cm³/mol. The molecule has 6 nitrogen and oxygen atoms in total. The maximum atomic E-state index is 4.55. The molecule has 6 heteroatoms. The van der Waals surface area contributed by atoms with Gasteiger partial charge in [0.15, 0.2) is 0 Å². The van der Waals surface area contributed by atoms with Crippen LogP contribution in [0.3, 0.4) is 0 Å². The van der Waals surface area contributed by atoms with Gasteiger partial charge in [-0.05, 0) is 41.1 Å². The van der Waals surface area contributed by atoms with Gasteiger partial charge in [-0.25, -0.2) is 0 Å². The first kappa shape index (κ1) is 15.3. The molecule has 0 radical (unpaired) electrons.